The number of fused-ring (bicyclic) bond motifs is 2. The highest BCUT2D eigenvalue weighted by Crippen LogP contribution is 2.41. The van der Waals surface area contributed by atoms with Crippen LogP contribution in [-0.2, 0) is 11.4 Å². The zero-order valence-electron chi connectivity index (χ0n) is 32.2. The fourth-order valence-corrected chi connectivity index (χ4v) is 6.61. The molecule has 4 N–H and O–H groups in total. The van der Waals surface area contributed by atoms with Gasteiger partial charge in [0.25, 0.3) is 5.91 Å². The van der Waals surface area contributed by atoms with Gasteiger partial charge in [-0.05, 0) is 95.7 Å². The van der Waals surface area contributed by atoms with E-state index >= 15 is 0 Å². The number of nitrogens with zero attached hydrogens (tertiary/aromatic N) is 6. The average Bonchev–Trinajstić information content (AvgIpc) is 3.80. The number of aromatic nitrogens is 2. The molecule has 1 amide bonds. The topological polar surface area (TPSA) is 179 Å². The van der Waals surface area contributed by atoms with E-state index in [1.807, 2.05) is 103 Å². The summed E-state index contributed by atoms with van der Waals surface area (Å²) in [7, 11) is 0. The first-order valence-corrected chi connectivity index (χ1v) is 19.1. The van der Waals surface area contributed by atoms with Gasteiger partial charge in [-0.1, -0.05) is 84.9 Å². The predicted molar refractivity (Wildman–Crippen MR) is 234 cm³/mol. The van der Waals surface area contributed by atoms with Crippen LogP contribution >= 0.6 is 0 Å². The minimum atomic E-state index is -0.470. The minimum absolute atomic E-state index is 0.0215. The van der Waals surface area contributed by atoms with Crippen LogP contribution in [0.2, 0.25) is 0 Å². The first-order chi connectivity index (χ1) is 30.0. The Morgan fingerprint density at radius 3 is 1.62 bits per heavy atom. The van der Waals surface area contributed by atoms with E-state index < -0.39 is 5.91 Å². The van der Waals surface area contributed by atoms with Crippen molar-refractivity contribution in [2.45, 2.75) is 6.61 Å². The highest BCUT2D eigenvalue weighted by atomic mass is 16.6. The third kappa shape index (κ3) is 8.39. The molecule has 0 fully saturated rings. The second kappa shape index (κ2) is 17.1. The predicted octanol–water partition coefficient (Wildman–Crippen LogP) is 12.7. The van der Waals surface area contributed by atoms with Gasteiger partial charge in [0, 0.05) is 33.2 Å². The molecule has 0 radical (unpaired) electrons. The molecule has 1 aromatic heterocycles. The Bertz CT molecular complexity index is 3060. The highest BCUT2D eigenvalue weighted by Gasteiger charge is 2.19. The number of hydrogen-bond acceptors (Lipinski definition) is 12. The third-order valence-electron chi connectivity index (χ3n) is 9.72. The Kier molecular flexibility index (Phi) is 10.7. The van der Waals surface area contributed by atoms with Gasteiger partial charge in [-0.15, -0.1) is 20.4 Å². The quantitative estimate of drug-likeness (QED) is 0.0696. The number of hydrogen-bond donors (Lipinski definition) is 4. The van der Waals surface area contributed by atoms with E-state index in [-0.39, 0.29) is 29.4 Å². The Hall–Kier alpha value is -8.55. The molecule has 0 saturated heterocycles. The summed E-state index contributed by atoms with van der Waals surface area (Å²) >= 11 is 0. The smallest absolute Gasteiger partial charge is 0.259 e. The van der Waals surface area contributed by atoms with Crippen LogP contribution in [0.25, 0.3) is 44.5 Å². The SMILES string of the molecule is O=C(Nc1ccccc1)c1cc2ccccc2c(N=Nc2ccc(-c3nnc(-c4ccc(N=Nc5c(O)c(CONc6ccccc6)cc6ccccc56)cc4)o3)cc2)c1O. The van der Waals surface area contributed by atoms with Crippen molar-refractivity contribution in [2.24, 2.45) is 20.5 Å². The molecule has 0 atom stereocenters. The van der Waals surface area contributed by atoms with E-state index in [4.69, 9.17) is 9.25 Å². The van der Waals surface area contributed by atoms with E-state index in [0.29, 0.717) is 56.6 Å². The Labute approximate surface area is 348 Å². The van der Waals surface area contributed by atoms with Crippen molar-refractivity contribution in [1.29, 1.82) is 0 Å². The Morgan fingerprint density at radius 2 is 1.05 bits per heavy atom. The van der Waals surface area contributed by atoms with Gasteiger partial charge < -0.3 is 19.9 Å². The Morgan fingerprint density at radius 1 is 0.557 bits per heavy atom. The normalized spacial score (nSPS) is 11.5. The molecule has 13 heteroatoms. The maximum absolute atomic E-state index is 13.2. The Balaban J connectivity index is 0.888. The van der Waals surface area contributed by atoms with E-state index in [9.17, 15) is 15.0 Å². The van der Waals surface area contributed by atoms with Gasteiger partial charge in [0.05, 0.1) is 22.6 Å². The molecule has 61 heavy (non-hydrogen) atoms. The summed E-state index contributed by atoms with van der Waals surface area (Å²) in [6, 6.07) is 51.1. The molecule has 0 unspecified atom stereocenters. The molecule has 0 aliphatic heterocycles. The van der Waals surface area contributed by atoms with Crippen LogP contribution in [0.1, 0.15) is 15.9 Å². The molecule has 13 nitrogen and oxygen atoms in total. The summed E-state index contributed by atoms with van der Waals surface area (Å²) in [5.41, 5.74) is 7.81. The summed E-state index contributed by atoms with van der Waals surface area (Å²) in [6.45, 7) is 0.0980. The molecule has 1 heterocycles. The standard InChI is InChI=1S/C48H34N8O5/c57-44-34(29-60-56-38-15-5-2-6-16-38)27-32-11-7-9-17-39(32)42(44)52-50-36-23-19-30(20-24-36)47-54-55-48(61-47)31-21-25-37(26-22-31)51-53-43-40-18-10-8-12-33(40)28-41(45(43)58)46(59)49-35-13-3-1-4-14-35/h1-28,56-58H,29H2,(H,49,59). The van der Waals surface area contributed by atoms with Gasteiger partial charge in [-0.2, -0.15) is 10.2 Å². The summed E-state index contributed by atoms with van der Waals surface area (Å²) in [5, 5.41) is 54.4. The van der Waals surface area contributed by atoms with Crippen LogP contribution in [0.4, 0.5) is 34.1 Å². The maximum atomic E-state index is 13.2. The van der Waals surface area contributed by atoms with Gasteiger partial charge in [0.15, 0.2) is 5.75 Å². The van der Waals surface area contributed by atoms with Crippen LogP contribution in [0.5, 0.6) is 11.5 Å². The zero-order valence-corrected chi connectivity index (χ0v) is 32.2. The van der Waals surface area contributed by atoms with Crippen molar-refractivity contribution >= 4 is 61.6 Å². The number of para-hydroxylation sites is 2. The molecule has 0 bridgehead atoms. The number of azo groups is 2. The van der Waals surface area contributed by atoms with Crippen molar-refractivity contribution in [2.75, 3.05) is 10.8 Å². The molecule has 9 rings (SSSR count). The number of phenolic OH excluding ortho intramolecular Hbond substituents is 2. The number of amides is 1. The molecule has 0 aliphatic carbocycles. The van der Waals surface area contributed by atoms with Crippen molar-refractivity contribution in [1.82, 2.24) is 10.2 Å². The molecular formula is C48H34N8O5. The second-order valence-corrected chi connectivity index (χ2v) is 13.8. The molecule has 0 saturated carbocycles. The second-order valence-electron chi connectivity index (χ2n) is 13.8. The lowest BCUT2D eigenvalue weighted by molar-refractivity contribution is 0.102. The minimum Gasteiger partial charge on any atom is -0.505 e. The third-order valence-corrected chi connectivity index (χ3v) is 9.72. The monoisotopic (exact) mass is 802 g/mol. The average molecular weight is 803 g/mol. The number of carbonyl (C=O) groups is 1. The van der Waals surface area contributed by atoms with E-state index in [0.717, 1.165) is 21.8 Å². The van der Waals surface area contributed by atoms with Crippen LogP contribution in [0.15, 0.2) is 195 Å². The number of aromatic hydroxyl groups is 2. The van der Waals surface area contributed by atoms with Crippen LogP contribution in [-0.4, -0.2) is 26.3 Å². The fourth-order valence-electron chi connectivity index (χ4n) is 6.61. The summed E-state index contributed by atoms with van der Waals surface area (Å²) < 4.78 is 6.02. The van der Waals surface area contributed by atoms with E-state index in [1.165, 1.54) is 0 Å². The number of rotatable bonds is 12. The largest absolute Gasteiger partial charge is 0.505 e. The van der Waals surface area contributed by atoms with Crippen molar-refractivity contribution in [3.05, 3.63) is 181 Å². The van der Waals surface area contributed by atoms with Crippen LogP contribution < -0.4 is 10.8 Å². The lowest BCUT2D eigenvalue weighted by Gasteiger charge is -2.12. The first kappa shape index (κ1) is 38.0. The molecule has 9 aromatic rings. The summed E-state index contributed by atoms with van der Waals surface area (Å²) in [4.78, 5) is 18.9. The highest BCUT2D eigenvalue weighted by molar-refractivity contribution is 6.11. The van der Waals surface area contributed by atoms with Crippen molar-refractivity contribution in [3.63, 3.8) is 0 Å². The lowest BCUT2D eigenvalue weighted by Crippen LogP contribution is -2.12. The van der Waals surface area contributed by atoms with Crippen LogP contribution in [0.3, 0.4) is 0 Å². The number of anilines is 2. The van der Waals surface area contributed by atoms with Crippen LogP contribution in [0, 0.1) is 0 Å². The number of carbonyl (C=O) groups excluding carboxylic acids is 1. The number of nitrogens with one attached hydrogen (secondary N) is 2. The van der Waals surface area contributed by atoms with Gasteiger partial charge >= 0.3 is 0 Å². The number of benzene rings is 8. The molecular weight excluding hydrogens is 769 g/mol. The molecule has 0 aliphatic rings. The fraction of sp³-hybridized carbons (Fsp3) is 0.0208. The van der Waals surface area contributed by atoms with Gasteiger partial charge in [0.2, 0.25) is 11.8 Å². The molecule has 8 aromatic carbocycles. The van der Waals surface area contributed by atoms with Gasteiger partial charge in [-0.25, -0.2) is 0 Å². The van der Waals surface area contributed by atoms with Gasteiger partial charge in [-0.3, -0.25) is 15.1 Å². The van der Waals surface area contributed by atoms with Crippen molar-refractivity contribution < 1.29 is 24.3 Å². The van der Waals surface area contributed by atoms with E-state index in [1.54, 1.807) is 66.7 Å². The zero-order chi connectivity index (χ0) is 41.5. The molecule has 296 valence electrons. The maximum Gasteiger partial charge on any atom is 0.259 e. The van der Waals surface area contributed by atoms with Crippen molar-refractivity contribution in [3.8, 4) is 34.4 Å². The summed E-state index contributed by atoms with van der Waals surface area (Å²) in [6.07, 6.45) is 0. The number of phenols is 2. The van der Waals surface area contributed by atoms with Gasteiger partial charge in [0.1, 0.15) is 23.7 Å². The molecule has 0 spiro atoms. The van der Waals surface area contributed by atoms with E-state index in [2.05, 4.69) is 41.5 Å². The lowest BCUT2D eigenvalue weighted by atomic mass is 10.0. The first-order valence-electron chi connectivity index (χ1n) is 19.1. The summed E-state index contributed by atoms with van der Waals surface area (Å²) in [5.74, 6) is -0.164.